The van der Waals surface area contributed by atoms with E-state index < -0.39 is 10.0 Å². The van der Waals surface area contributed by atoms with Crippen LogP contribution in [0.15, 0.2) is 29.2 Å². The maximum atomic E-state index is 11.1. The molecule has 0 unspecified atom stereocenters. The number of sulfonamides is 1. The molecule has 1 rings (SSSR count). The minimum Gasteiger partial charge on any atom is -0.374 e. The van der Waals surface area contributed by atoms with Gasteiger partial charge in [0.1, 0.15) is 0 Å². The fourth-order valence-electron chi connectivity index (χ4n) is 1.08. The molecule has 0 aliphatic rings. The summed E-state index contributed by atoms with van der Waals surface area (Å²) in [4.78, 5) is 0.118. The van der Waals surface area contributed by atoms with Gasteiger partial charge >= 0.3 is 0 Å². The van der Waals surface area contributed by atoms with Gasteiger partial charge in [0.25, 0.3) is 0 Å². The molecule has 0 amide bonds. The van der Waals surface area contributed by atoms with Crippen LogP contribution in [-0.2, 0) is 21.4 Å². The number of benzene rings is 1. The molecule has 1 aromatic rings. The SMILES string of the molecule is CC(C)OCc1cccc(S(N)(=O)=O)c1. The third kappa shape index (κ3) is 3.99. The molecule has 0 heterocycles. The van der Waals surface area contributed by atoms with Crippen molar-refractivity contribution in [2.45, 2.75) is 31.5 Å². The van der Waals surface area contributed by atoms with E-state index >= 15 is 0 Å². The largest absolute Gasteiger partial charge is 0.374 e. The molecule has 0 aromatic heterocycles. The zero-order valence-corrected chi connectivity index (χ0v) is 9.62. The van der Waals surface area contributed by atoms with Crippen molar-refractivity contribution < 1.29 is 13.2 Å². The normalized spacial score (nSPS) is 12.0. The zero-order valence-electron chi connectivity index (χ0n) is 8.80. The van der Waals surface area contributed by atoms with E-state index in [1.807, 2.05) is 13.8 Å². The zero-order chi connectivity index (χ0) is 11.5. The summed E-state index contributed by atoms with van der Waals surface area (Å²) in [7, 11) is -3.62. The first-order chi connectivity index (χ1) is 6.89. The maximum Gasteiger partial charge on any atom is 0.238 e. The summed E-state index contributed by atoms with van der Waals surface area (Å²) >= 11 is 0. The predicted molar refractivity (Wildman–Crippen MR) is 57.7 cm³/mol. The Morgan fingerprint density at radius 1 is 1.40 bits per heavy atom. The average Bonchev–Trinajstić information content (AvgIpc) is 2.14. The van der Waals surface area contributed by atoms with Gasteiger partial charge in [-0.15, -0.1) is 0 Å². The maximum absolute atomic E-state index is 11.1. The number of nitrogens with two attached hydrogens (primary N) is 1. The second kappa shape index (κ2) is 4.74. The third-order valence-electron chi connectivity index (χ3n) is 1.81. The lowest BCUT2D eigenvalue weighted by Crippen LogP contribution is -2.12. The van der Waals surface area contributed by atoms with Gasteiger partial charge in [0.2, 0.25) is 10.0 Å². The standard InChI is InChI=1S/C10H15NO3S/c1-8(2)14-7-9-4-3-5-10(6-9)15(11,12)13/h3-6,8H,7H2,1-2H3,(H2,11,12,13). The summed E-state index contributed by atoms with van der Waals surface area (Å²) in [5.74, 6) is 0. The fourth-order valence-corrected chi connectivity index (χ4v) is 1.66. The monoisotopic (exact) mass is 229 g/mol. The van der Waals surface area contributed by atoms with Gasteiger partial charge in [-0.05, 0) is 31.5 Å². The van der Waals surface area contributed by atoms with Crippen molar-refractivity contribution in [3.05, 3.63) is 29.8 Å². The molecule has 0 radical (unpaired) electrons. The number of hydrogen-bond acceptors (Lipinski definition) is 3. The molecule has 2 N–H and O–H groups in total. The number of hydrogen-bond donors (Lipinski definition) is 1. The van der Waals surface area contributed by atoms with Gasteiger partial charge in [0.15, 0.2) is 0 Å². The van der Waals surface area contributed by atoms with Gasteiger partial charge < -0.3 is 4.74 Å². The molecule has 4 nitrogen and oxygen atoms in total. The summed E-state index contributed by atoms with van der Waals surface area (Å²) in [6.07, 6.45) is 0.114. The van der Waals surface area contributed by atoms with Crippen LogP contribution in [0.5, 0.6) is 0 Å². The lowest BCUT2D eigenvalue weighted by Gasteiger charge is -2.08. The number of primary sulfonamides is 1. The molecule has 0 saturated carbocycles. The second-order valence-electron chi connectivity index (χ2n) is 3.55. The van der Waals surface area contributed by atoms with Crippen molar-refractivity contribution in [3.63, 3.8) is 0 Å². The summed E-state index contributed by atoms with van der Waals surface area (Å²) in [6.45, 7) is 4.23. The van der Waals surface area contributed by atoms with Crippen LogP contribution in [0, 0.1) is 0 Å². The van der Waals surface area contributed by atoms with E-state index in [1.165, 1.54) is 12.1 Å². The Kier molecular flexibility index (Phi) is 3.84. The van der Waals surface area contributed by atoms with Crippen molar-refractivity contribution in [1.29, 1.82) is 0 Å². The molecule has 0 atom stereocenters. The van der Waals surface area contributed by atoms with Crippen LogP contribution >= 0.6 is 0 Å². The van der Waals surface area contributed by atoms with E-state index in [0.717, 1.165) is 5.56 Å². The van der Waals surface area contributed by atoms with E-state index in [4.69, 9.17) is 9.88 Å². The topological polar surface area (TPSA) is 69.4 Å². The van der Waals surface area contributed by atoms with Crippen molar-refractivity contribution >= 4 is 10.0 Å². The van der Waals surface area contributed by atoms with Crippen LogP contribution in [0.25, 0.3) is 0 Å². The summed E-state index contributed by atoms with van der Waals surface area (Å²) in [5.41, 5.74) is 0.801. The summed E-state index contributed by atoms with van der Waals surface area (Å²) in [6, 6.07) is 6.45. The van der Waals surface area contributed by atoms with Gasteiger partial charge in [-0.1, -0.05) is 12.1 Å². The highest BCUT2D eigenvalue weighted by Crippen LogP contribution is 2.11. The fraction of sp³-hybridized carbons (Fsp3) is 0.400. The quantitative estimate of drug-likeness (QED) is 0.845. The Hall–Kier alpha value is -0.910. The van der Waals surface area contributed by atoms with Gasteiger partial charge in [0.05, 0.1) is 17.6 Å². The van der Waals surface area contributed by atoms with Crippen molar-refractivity contribution in [2.75, 3.05) is 0 Å². The van der Waals surface area contributed by atoms with Crippen LogP contribution in [0.1, 0.15) is 19.4 Å². The first kappa shape index (κ1) is 12.2. The van der Waals surface area contributed by atoms with E-state index in [-0.39, 0.29) is 11.0 Å². The lowest BCUT2D eigenvalue weighted by molar-refractivity contribution is 0.0656. The van der Waals surface area contributed by atoms with Gasteiger partial charge in [-0.25, -0.2) is 13.6 Å². The molecule has 84 valence electrons. The van der Waals surface area contributed by atoms with Gasteiger partial charge in [-0.3, -0.25) is 0 Å². The molecule has 0 saturated heterocycles. The Balaban J connectivity index is 2.84. The van der Waals surface area contributed by atoms with E-state index in [9.17, 15) is 8.42 Å². The molecule has 0 fully saturated rings. The number of rotatable bonds is 4. The van der Waals surface area contributed by atoms with Gasteiger partial charge in [-0.2, -0.15) is 0 Å². The Bertz CT molecular complexity index is 426. The molecular formula is C10H15NO3S. The second-order valence-corrected chi connectivity index (χ2v) is 5.11. The highest BCUT2D eigenvalue weighted by atomic mass is 32.2. The van der Waals surface area contributed by atoms with Crippen LogP contribution in [0.3, 0.4) is 0 Å². The molecule has 1 aromatic carbocycles. The molecule has 0 aliphatic carbocycles. The minimum absolute atomic E-state index is 0.114. The van der Waals surface area contributed by atoms with E-state index in [1.54, 1.807) is 12.1 Å². The highest BCUT2D eigenvalue weighted by Gasteiger charge is 2.07. The average molecular weight is 229 g/mol. The first-order valence-electron chi connectivity index (χ1n) is 4.63. The Morgan fingerprint density at radius 2 is 2.07 bits per heavy atom. The lowest BCUT2D eigenvalue weighted by atomic mass is 10.2. The first-order valence-corrected chi connectivity index (χ1v) is 6.17. The van der Waals surface area contributed by atoms with Crippen LogP contribution in [0.2, 0.25) is 0 Å². The Morgan fingerprint density at radius 3 is 2.60 bits per heavy atom. The molecule has 15 heavy (non-hydrogen) atoms. The van der Waals surface area contributed by atoms with Crippen molar-refractivity contribution in [2.24, 2.45) is 5.14 Å². The van der Waals surface area contributed by atoms with E-state index in [2.05, 4.69) is 0 Å². The molecule has 0 spiro atoms. The Labute approximate surface area is 90.1 Å². The van der Waals surface area contributed by atoms with Gasteiger partial charge in [0, 0.05) is 0 Å². The minimum atomic E-state index is -3.62. The smallest absolute Gasteiger partial charge is 0.238 e. The van der Waals surface area contributed by atoms with Crippen LogP contribution < -0.4 is 5.14 Å². The van der Waals surface area contributed by atoms with Crippen LogP contribution in [0.4, 0.5) is 0 Å². The predicted octanol–water partition coefficient (Wildman–Crippen LogP) is 1.26. The molecular weight excluding hydrogens is 214 g/mol. The molecule has 0 aliphatic heterocycles. The number of ether oxygens (including phenoxy) is 1. The van der Waals surface area contributed by atoms with Crippen LogP contribution in [-0.4, -0.2) is 14.5 Å². The van der Waals surface area contributed by atoms with E-state index in [0.29, 0.717) is 6.61 Å². The van der Waals surface area contributed by atoms with Crippen molar-refractivity contribution in [3.8, 4) is 0 Å². The highest BCUT2D eigenvalue weighted by molar-refractivity contribution is 7.89. The summed E-state index contributed by atoms with van der Waals surface area (Å²) in [5, 5.41) is 5.01. The van der Waals surface area contributed by atoms with Crippen molar-refractivity contribution in [1.82, 2.24) is 0 Å². The molecule has 5 heteroatoms. The summed E-state index contributed by atoms with van der Waals surface area (Å²) < 4.78 is 27.5. The molecule has 0 bridgehead atoms. The third-order valence-corrected chi connectivity index (χ3v) is 2.72.